The molecule has 2 nitrogen and oxygen atoms in total. The SMILES string of the molecule is CCCCCCCCCCCCNCc1ccc(O)cc1. The van der Waals surface area contributed by atoms with Crippen LogP contribution in [0.1, 0.15) is 76.7 Å². The van der Waals surface area contributed by atoms with Gasteiger partial charge < -0.3 is 10.4 Å². The van der Waals surface area contributed by atoms with Gasteiger partial charge in [0.05, 0.1) is 0 Å². The van der Waals surface area contributed by atoms with E-state index in [1.165, 1.54) is 69.8 Å². The summed E-state index contributed by atoms with van der Waals surface area (Å²) >= 11 is 0. The lowest BCUT2D eigenvalue weighted by Gasteiger charge is -2.05. The third-order valence-electron chi connectivity index (χ3n) is 3.97. The maximum absolute atomic E-state index is 9.21. The summed E-state index contributed by atoms with van der Waals surface area (Å²) in [4.78, 5) is 0. The zero-order valence-corrected chi connectivity index (χ0v) is 13.7. The second kappa shape index (κ2) is 12.7. The molecule has 0 atom stereocenters. The Morgan fingerprint density at radius 3 is 1.86 bits per heavy atom. The van der Waals surface area contributed by atoms with E-state index in [1.54, 1.807) is 12.1 Å². The predicted octanol–water partition coefficient (Wildman–Crippen LogP) is 5.40. The second-order valence-electron chi connectivity index (χ2n) is 6.03. The smallest absolute Gasteiger partial charge is 0.115 e. The molecule has 0 aromatic heterocycles. The van der Waals surface area contributed by atoms with Crippen LogP contribution in [-0.4, -0.2) is 11.7 Å². The van der Waals surface area contributed by atoms with Crippen LogP contribution in [0.3, 0.4) is 0 Å². The maximum atomic E-state index is 9.21. The molecule has 2 N–H and O–H groups in total. The standard InChI is InChI=1S/C19H33NO/c1-2-3-4-5-6-7-8-9-10-11-16-20-17-18-12-14-19(21)15-13-18/h12-15,20-21H,2-11,16-17H2,1H3. The van der Waals surface area contributed by atoms with Gasteiger partial charge in [0.15, 0.2) is 0 Å². The average molecular weight is 291 g/mol. The lowest BCUT2D eigenvalue weighted by atomic mass is 10.1. The van der Waals surface area contributed by atoms with Gasteiger partial charge in [0.2, 0.25) is 0 Å². The third kappa shape index (κ3) is 10.4. The van der Waals surface area contributed by atoms with Crippen molar-refractivity contribution in [2.24, 2.45) is 0 Å². The minimum atomic E-state index is 0.341. The number of benzene rings is 1. The minimum Gasteiger partial charge on any atom is -0.508 e. The molecular formula is C19H33NO. The van der Waals surface area contributed by atoms with E-state index in [0.29, 0.717) is 5.75 Å². The number of unbranched alkanes of at least 4 members (excludes halogenated alkanes) is 9. The van der Waals surface area contributed by atoms with Crippen molar-refractivity contribution in [3.63, 3.8) is 0 Å². The summed E-state index contributed by atoms with van der Waals surface area (Å²) in [5.41, 5.74) is 1.24. The quantitative estimate of drug-likeness (QED) is 0.477. The molecule has 0 aliphatic heterocycles. The first-order chi connectivity index (χ1) is 10.3. The van der Waals surface area contributed by atoms with E-state index < -0.39 is 0 Å². The molecule has 0 bridgehead atoms. The van der Waals surface area contributed by atoms with Gasteiger partial charge in [0.1, 0.15) is 5.75 Å². The summed E-state index contributed by atoms with van der Waals surface area (Å²) in [5.74, 6) is 0.341. The molecule has 21 heavy (non-hydrogen) atoms. The van der Waals surface area contributed by atoms with Crippen molar-refractivity contribution in [3.05, 3.63) is 29.8 Å². The van der Waals surface area contributed by atoms with Crippen LogP contribution < -0.4 is 5.32 Å². The molecule has 0 aliphatic rings. The minimum absolute atomic E-state index is 0.341. The Balaban J connectivity index is 1.81. The van der Waals surface area contributed by atoms with Gasteiger partial charge in [-0.2, -0.15) is 0 Å². The number of phenols is 1. The highest BCUT2D eigenvalue weighted by molar-refractivity contribution is 5.25. The molecule has 0 unspecified atom stereocenters. The van der Waals surface area contributed by atoms with Crippen LogP contribution in [-0.2, 0) is 6.54 Å². The van der Waals surface area contributed by atoms with Crippen molar-refractivity contribution < 1.29 is 5.11 Å². The number of phenolic OH excluding ortho intramolecular Hbond substituents is 1. The van der Waals surface area contributed by atoms with Crippen molar-refractivity contribution in [2.75, 3.05) is 6.54 Å². The van der Waals surface area contributed by atoms with Crippen molar-refractivity contribution in [1.82, 2.24) is 5.32 Å². The molecule has 2 heteroatoms. The van der Waals surface area contributed by atoms with Gasteiger partial charge in [-0.05, 0) is 30.7 Å². The molecule has 1 rings (SSSR count). The van der Waals surface area contributed by atoms with Crippen molar-refractivity contribution in [2.45, 2.75) is 77.7 Å². The Labute approximate surface area is 131 Å². The van der Waals surface area contributed by atoms with Gasteiger partial charge in [0.25, 0.3) is 0 Å². The monoisotopic (exact) mass is 291 g/mol. The van der Waals surface area contributed by atoms with Gasteiger partial charge in [0, 0.05) is 6.54 Å². The molecular weight excluding hydrogens is 258 g/mol. The van der Waals surface area contributed by atoms with E-state index >= 15 is 0 Å². The predicted molar refractivity (Wildman–Crippen MR) is 91.7 cm³/mol. The molecule has 0 saturated heterocycles. The first-order valence-corrected chi connectivity index (χ1v) is 8.81. The Morgan fingerprint density at radius 2 is 1.29 bits per heavy atom. The van der Waals surface area contributed by atoms with Crippen LogP contribution >= 0.6 is 0 Å². The van der Waals surface area contributed by atoms with Crippen molar-refractivity contribution >= 4 is 0 Å². The highest BCUT2D eigenvalue weighted by atomic mass is 16.3. The highest BCUT2D eigenvalue weighted by Gasteiger charge is 1.94. The second-order valence-corrected chi connectivity index (χ2v) is 6.03. The van der Waals surface area contributed by atoms with Crippen molar-refractivity contribution in [1.29, 1.82) is 0 Å². The lowest BCUT2D eigenvalue weighted by Crippen LogP contribution is -2.14. The lowest BCUT2D eigenvalue weighted by molar-refractivity contribution is 0.475. The Hall–Kier alpha value is -1.02. The van der Waals surface area contributed by atoms with Crippen LogP contribution in [0, 0.1) is 0 Å². The largest absolute Gasteiger partial charge is 0.508 e. The van der Waals surface area contributed by atoms with Gasteiger partial charge in [-0.15, -0.1) is 0 Å². The molecule has 0 spiro atoms. The fraction of sp³-hybridized carbons (Fsp3) is 0.684. The van der Waals surface area contributed by atoms with E-state index in [-0.39, 0.29) is 0 Å². The van der Waals surface area contributed by atoms with Gasteiger partial charge >= 0.3 is 0 Å². The molecule has 0 saturated carbocycles. The van der Waals surface area contributed by atoms with Gasteiger partial charge in [-0.1, -0.05) is 76.8 Å². The number of nitrogens with one attached hydrogen (secondary N) is 1. The van der Waals surface area contributed by atoms with E-state index in [9.17, 15) is 5.11 Å². The molecule has 0 heterocycles. The number of rotatable bonds is 13. The van der Waals surface area contributed by atoms with Crippen molar-refractivity contribution in [3.8, 4) is 5.75 Å². The maximum Gasteiger partial charge on any atom is 0.115 e. The van der Waals surface area contributed by atoms with E-state index in [4.69, 9.17) is 0 Å². The van der Waals surface area contributed by atoms with Crippen LogP contribution in [0.4, 0.5) is 0 Å². The Kier molecular flexibility index (Phi) is 10.9. The summed E-state index contributed by atoms with van der Waals surface area (Å²) in [7, 11) is 0. The average Bonchev–Trinajstić information content (AvgIpc) is 2.50. The molecule has 1 aromatic carbocycles. The molecule has 1 aromatic rings. The fourth-order valence-corrected chi connectivity index (χ4v) is 2.58. The first-order valence-electron chi connectivity index (χ1n) is 8.81. The third-order valence-corrected chi connectivity index (χ3v) is 3.97. The first kappa shape index (κ1) is 18.0. The number of hydrogen-bond donors (Lipinski definition) is 2. The van der Waals surface area contributed by atoms with Crippen LogP contribution in [0.5, 0.6) is 5.75 Å². The zero-order valence-electron chi connectivity index (χ0n) is 13.7. The Morgan fingerprint density at radius 1 is 0.762 bits per heavy atom. The molecule has 0 aliphatic carbocycles. The Bertz CT molecular complexity index is 334. The van der Waals surface area contributed by atoms with Gasteiger partial charge in [-0.3, -0.25) is 0 Å². The molecule has 0 fully saturated rings. The number of hydrogen-bond acceptors (Lipinski definition) is 2. The number of aromatic hydroxyl groups is 1. The van der Waals surface area contributed by atoms with E-state index in [2.05, 4.69) is 12.2 Å². The van der Waals surface area contributed by atoms with Gasteiger partial charge in [-0.25, -0.2) is 0 Å². The van der Waals surface area contributed by atoms with Crippen LogP contribution in [0.15, 0.2) is 24.3 Å². The molecule has 120 valence electrons. The summed E-state index contributed by atoms with van der Waals surface area (Å²) in [6.07, 6.45) is 13.9. The molecule has 0 amide bonds. The summed E-state index contributed by atoms with van der Waals surface area (Å²) in [5, 5.41) is 12.7. The van der Waals surface area contributed by atoms with Crippen LogP contribution in [0.2, 0.25) is 0 Å². The van der Waals surface area contributed by atoms with E-state index in [1.807, 2.05) is 12.1 Å². The fourth-order valence-electron chi connectivity index (χ4n) is 2.58. The summed E-state index contributed by atoms with van der Waals surface area (Å²) in [6.45, 7) is 4.27. The normalized spacial score (nSPS) is 10.9. The topological polar surface area (TPSA) is 32.3 Å². The zero-order chi connectivity index (χ0) is 15.2. The summed E-state index contributed by atoms with van der Waals surface area (Å²) in [6, 6.07) is 7.44. The highest BCUT2D eigenvalue weighted by Crippen LogP contribution is 2.11. The summed E-state index contributed by atoms with van der Waals surface area (Å²) < 4.78 is 0. The van der Waals surface area contributed by atoms with E-state index in [0.717, 1.165) is 13.1 Å². The van der Waals surface area contributed by atoms with Crippen LogP contribution in [0.25, 0.3) is 0 Å². The molecule has 0 radical (unpaired) electrons.